The average Bonchev–Trinajstić information content (AvgIpc) is 2.54. The van der Waals surface area contributed by atoms with Gasteiger partial charge in [0.15, 0.2) is 5.82 Å². The molecule has 0 bridgehead atoms. The van der Waals surface area contributed by atoms with E-state index in [1.54, 1.807) is 18.2 Å². The zero-order chi connectivity index (χ0) is 15.2. The topological polar surface area (TPSA) is 111 Å². The van der Waals surface area contributed by atoms with Gasteiger partial charge in [0, 0.05) is 23.9 Å². The lowest BCUT2D eigenvalue weighted by Gasteiger charge is -2.09. The number of carbonyl (C=O) groups excluding carboxylic acids is 1. The number of rotatable bonds is 5. The highest BCUT2D eigenvalue weighted by Gasteiger charge is 2.10. The number of hydrazine groups is 1. The molecule has 0 atom stereocenters. The third-order valence-electron chi connectivity index (χ3n) is 2.64. The van der Waals surface area contributed by atoms with E-state index in [2.05, 4.69) is 20.7 Å². The molecule has 21 heavy (non-hydrogen) atoms. The fourth-order valence-electron chi connectivity index (χ4n) is 1.59. The Bertz CT molecular complexity index is 608. The molecule has 8 nitrogen and oxygen atoms in total. The standard InChI is InChI=1S/C13H15N5O3/c1-20-9-3-8(4-10(5-9)21-2)17-13(19)11-6-16-12(18-14)7-15-11/h3-7H,14H2,1-2H3,(H,16,18)(H,17,19). The molecule has 0 saturated heterocycles. The molecule has 0 spiro atoms. The van der Waals surface area contributed by atoms with Gasteiger partial charge in [-0.2, -0.15) is 0 Å². The van der Waals surface area contributed by atoms with Crippen molar-refractivity contribution in [2.75, 3.05) is 25.0 Å². The number of nitrogens with one attached hydrogen (secondary N) is 2. The van der Waals surface area contributed by atoms with Crippen LogP contribution in [0.15, 0.2) is 30.6 Å². The van der Waals surface area contributed by atoms with Crippen LogP contribution in [0.3, 0.4) is 0 Å². The number of nitrogens with two attached hydrogens (primary N) is 1. The largest absolute Gasteiger partial charge is 0.497 e. The van der Waals surface area contributed by atoms with Crippen LogP contribution in [0.25, 0.3) is 0 Å². The van der Waals surface area contributed by atoms with Crippen molar-refractivity contribution in [1.29, 1.82) is 0 Å². The normalized spacial score (nSPS) is 9.86. The van der Waals surface area contributed by atoms with Gasteiger partial charge in [0.05, 0.1) is 26.6 Å². The van der Waals surface area contributed by atoms with Crippen LogP contribution in [0.2, 0.25) is 0 Å². The maximum absolute atomic E-state index is 12.1. The number of ether oxygens (including phenoxy) is 2. The van der Waals surface area contributed by atoms with Crippen molar-refractivity contribution >= 4 is 17.4 Å². The van der Waals surface area contributed by atoms with E-state index in [0.29, 0.717) is 23.0 Å². The van der Waals surface area contributed by atoms with Crippen molar-refractivity contribution in [3.63, 3.8) is 0 Å². The maximum Gasteiger partial charge on any atom is 0.275 e. The molecule has 1 heterocycles. The van der Waals surface area contributed by atoms with Crippen LogP contribution in [0, 0.1) is 0 Å². The molecule has 0 saturated carbocycles. The molecule has 0 aliphatic rings. The van der Waals surface area contributed by atoms with E-state index in [4.69, 9.17) is 15.3 Å². The quantitative estimate of drug-likeness (QED) is 0.556. The Hall–Kier alpha value is -2.87. The summed E-state index contributed by atoms with van der Waals surface area (Å²) in [6, 6.07) is 5.05. The van der Waals surface area contributed by atoms with Crippen LogP contribution in [0.4, 0.5) is 11.5 Å². The van der Waals surface area contributed by atoms with Crippen molar-refractivity contribution < 1.29 is 14.3 Å². The Morgan fingerprint density at radius 2 is 1.76 bits per heavy atom. The highest BCUT2D eigenvalue weighted by atomic mass is 16.5. The number of amides is 1. The Labute approximate surface area is 121 Å². The van der Waals surface area contributed by atoms with E-state index in [1.807, 2.05) is 0 Å². The summed E-state index contributed by atoms with van der Waals surface area (Å²) in [5.41, 5.74) is 3.02. The predicted molar refractivity (Wildman–Crippen MR) is 77.3 cm³/mol. The SMILES string of the molecule is COc1cc(NC(=O)c2cnc(NN)cn2)cc(OC)c1. The summed E-state index contributed by atoms with van der Waals surface area (Å²) in [7, 11) is 3.06. The number of hydrogen-bond donors (Lipinski definition) is 3. The lowest BCUT2D eigenvalue weighted by Crippen LogP contribution is -2.15. The molecule has 0 fully saturated rings. The molecular weight excluding hydrogens is 274 g/mol. The first-order valence-corrected chi connectivity index (χ1v) is 5.99. The van der Waals surface area contributed by atoms with Gasteiger partial charge in [0.1, 0.15) is 17.2 Å². The predicted octanol–water partition coefficient (Wildman–Crippen LogP) is 1.03. The fourth-order valence-corrected chi connectivity index (χ4v) is 1.59. The van der Waals surface area contributed by atoms with Crippen molar-refractivity contribution in [2.24, 2.45) is 5.84 Å². The smallest absolute Gasteiger partial charge is 0.275 e. The van der Waals surface area contributed by atoms with Gasteiger partial charge in [-0.3, -0.25) is 4.79 Å². The van der Waals surface area contributed by atoms with Gasteiger partial charge >= 0.3 is 0 Å². The number of benzene rings is 1. The first kappa shape index (κ1) is 14.5. The number of nitrogen functional groups attached to an aromatic ring is 1. The summed E-state index contributed by atoms with van der Waals surface area (Å²) in [4.78, 5) is 19.9. The zero-order valence-electron chi connectivity index (χ0n) is 11.6. The molecule has 4 N–H and O–H groups in total. The molecule has 0 unspecified atom stereocenters. The van der Waals surface area contributed by atoms with E-state index in [-0.39, 0.29) is 5.69 Å². The van der Waals surface area contributed by atoms with Gasteiger partial charge in [0.2, 0.25) is 0 Å². The van der Waals surface area contributed by atoms with E-state index >= 15 is 0 Å². The molecule has 2 rings (SSSR count). The summed E-state index contributed by atoms with van der Waals surface area (Å²) in [6.07, 6.45) is 2.68. The molecule has 110 valence electrons. The second-order valence-electron chi connectivity index (χ2n) is 3.99. The van der Waals surface area contributed by atoms with Crippen molar-refractivity contribution in [3.05, 3.63) is 36.3 Å². The number of methoxy groups -OCH3 is 2. The highest BCUT2D eigenvalue weighted by Crippen LogP contribution is 2.25. The molecule has 1 aromatic carbocycles. The van der Waals surface area contributed by atoms with Crippen LogP contribution in [-0.4, -0.2) is 30.1 Å². The van der Waals surface area contributed by atoms with Crippen LogP contribution in [0.1, 0.15) is 10.5 Å². The molecule has 0 radical (unpaired) electrons. The minimum Gasteiger partial charge on any atom is -0.497 e. The van der Waals surface area contributed by atoms with Crippen molar-refractivity contribution in [2.45, 2.75) is 0 Å². The average molecular weight is 289 g/mol. The number of anilines is 2. The Morgan fingerprint density at radius 3 is 2.24 bits per heavy atom. The molecule has 2 aromatic rings. The summed E-state index contributed by atoms with van der Waals surface area (Å²) in [6.45, 7) is 0. The molecule has 0 aliphatic heterocycles. The summed E-state index contributed by atoms with van der Waals surface area (Å²) < 4.78 is 10.3. The van der Waals surface area contributed by atoms with Crippen LogP contribution in [0.5, 0.6) is 11.5 Å². The van der Waals surface area contributed by atoms with Crippen molar-refractivity contribution in [3.8, 4) is 11.5 Å². The second kappa shape index (κ2) is 6.53. The number of nitrogens with zero attached hydrogens (tertiary/aromatic N) is 2. The summed E-state index contributed by atoms with van der Waals surface area (Å²) in [5, 5.41) is 2.69. The van der Waals surface area contributed by atoms with E-state index < -0.39 is 5.91 Å². The van der Waals surface area contributed by atoms with Gasteiger partial charge in [0.25, 0.3) is 5.91 Å². The highest BCUT2D eigenvalue weighted by molar-refractivity contribution is 6.02. The Morgan fingerprint density at radius 1 is 1.10 bits per heavy atom. The lowest BCUT2D eigenvalue weighted by molar-refractivity contribution is 0.102. The third kappa shape index (κ3) is 3.57. The molecule has 8 heteroatoms. The second-order valence-corrected chi connectivity index (χ2v) is 3.99. The zero-order valence-corrected chi connectivity index (χ0v) is 11.6. The minimum absolute atomic E-state index is 0.163. The van der Waals surface area contributed by atoms with Crippen LogP contribution in [-0.2, 0) is 0 Å². The molecule has 1 amide bonds. The van der Waals surface area contributed by atoms with Gasteiger partial charge in [-0.1, -0.05) is 0 Å². The third-order valence-corrected chi connectivity index (χ3v) is 2.64. The lowest BCUT2D eigenvalue weighted by atomic mass is 10.2. The van der Waals surface area contributed by atoms with Crippen molar-refractivity contribution in [1.82, 2.24) is 9.97 Å². The Kier molecular flexibility index (Phi) is 4.52. The number of carbonyl (C=O) groups is 1. The number of aromatic nitrogens is 2. The van der Waals surface area contributed by atoms with E-state index in [9.17, 15) is 4.79 Å². The summed E-state index contributed by atoms with van der Waals surface area (Å²) >= 11 is 0. The van der Waals surface area contributed by atoms with Gasteiger partial charge in [-0.25, -0.2) is 15.8 Å². The summed E-state index contributed by atoms with van der Waals surface area (Å²) in [5.74, 6) is 6.29. The van der Waals surface area contributed by atoms with Gasteiger partial charge in [-0.05, 0) is 0 Å². The van der Waals surface area contributed by atoms with Crippen LogP contribution >= 0.6 is 0 Å². The first-order valence-electron chi connectivity index (χ1n) is 5.99. The molecule has 1 aromatic heterocycles. The number of hydrogen-bond acceptors (Lipinski definition) is 7. The first-order chi connectivity index (χ1) is 10.2. The monoisotopic (exact) mass is 289 g/mol. The molecule has 0 aliphatic carbocycles. The maximum atomic E-state index is 12.1. The minimum atomic E-state index is -0.402. The van der Waals surface area contributed by atoms with Crippen LogP contribution < -0.4 is 26.1 Å². The fraction of sp³-hybridized carbons (Fsp3) is 0.154. The molecular formula is C13H15N5O3. The van der Waals surface area contributed by atoms with E-state index in [1.165, 1.54) is 26.6 Å². The van der Waals surface area contributed by atoms with E-state index in [0.717, 1.165) is 0 Å². The van der Waals surface area contributed by atoms with Gasteiger partial charge < -0.3 is 20.2 Å². The van der Waals surface area contributed by atoms with Gasteiger partial charge in [-0.15, -0.1) is 0 Å². The Balaban J connectivity index is 2.18.